The van der Waals surface area contributed by atoms with E-state index >= 15 is 0 Å². The summed E-state index contributed by atoms with van der Waals surface area (Å²) in [6.45, 7) is 3.38. The Hall–Kier alpha value is -3.20. The minimum atomic E-state index is -1.02. The number of hydrogen-bond acceptors (Lipinski definition) is 8. The molecule has 2 heterocycles. The second kappa shape index (κ2) is 8.00. The third-order valence-corrected chi connectivity index (χ3v) is 4.63. The van der Waals surface area contributed by atoms with E-state index < -0.39 is 18.0 Å². The summed E-state index contributed by atoms with van der Waals surface area (Å²) in [5.74, 6) is -0.763. The standard InChI is InChI=1S/C18H17N3O5S/c1-10-13(15(21-26-10)12-6-4-3-5-7-12)9-24-18-20-8-14(27-18)17(23)25-11(2)16(19)22/h3-8,11H,9H2,1-2H3,(H2,19,22). The van der Waals surface area contributed by atoms with Crippen LogP contribution in [0.4, 0.5) is 0 Å². The van der Waals surface area contributed by atoms with Crippen LogP contribution in [0.1, 0.15) is 27.9 Å². The second-order valence-electron chi connectivity index (χ2n) is 5.66. The number of hydrogen-bond donors (Lipinski definition) is 1. The first-order chi connectivity index (χ1) is 13.0. The summed E-state index contributed by atoms with van der Waals surface area (Å²) >= 11 is 1.01. The van der Waals surface area contributed by atoms with Crippen molar-refractivity contribution < 1.29 is 23.6 Å². The van der Waals surface area contributed by atoms with Crippen LogP contribution in [0.3, 0.4) is 0 Å². The molecule has 0 aliphatic heterocycles. The van der Waals surface area contributed by atoms with Crippen LogP contribution < -0.4 is 10.5 Å². The third kappa shape index (κ3) is 4.32. The van der Waals surface area contributed by atoms with Gasteiger partial charge in [0, 0.05) is 5.56 Å². The van der Waals surface area contributed by atoms with Gasteiger partial charge < -0.3 is 19.7 Å². The number of ether oxygens (including phenoxy) is 2. The maximum Gasteiger partial charge on any atom is 0.350 e. The molecule has 0 spiro atoms. The lowest BCUT2D eigenvalue weighted by atomic mass is 10.1. The van der Waals surface area contributed by atoms with E-state index in [1.807, 2.05) is 30.3 Å². The molecule has 0 radical (unpaired) electrons. The van der Waals surface area contributed by atoms with E-state index in [4.69, 9.17) is 19.7 Å². The molecule has 8 nitrogen and oxygen atoms in total. The van der Waals surface area contributed by atoms with Crippen molar-refractivity contribution in [2.24, 2.45) is 5.73 Å². The van der Waals surface area contributed by atoms with Gasteiger partial charge in [0.05, 0.1) is 11.8 Å². The highest BCUT2D eigenvalue weighted by atomic mass is 32.1. The van der Waals surface area contributed by atoms with Crippen molar-refractivity contribution >= 4 is 23.2 Å². The molecule has 2 aromatic heterocycles. The number of carbonyl (C=O) groups excluding carboxylic acids is 2. The van der Waals surface area contributed by atoms with Crippen molar-refractivity contribution in [3.63, 3.8) is 0 Å². The lowest BCUT2D eigenvalue weighted by molar-refractivity contribution is -0.125. The summed E-state index contributed by atoms with van der Waals surface area (Å²) in [7, 11) is 0. The summed E-state index contributed by atoms with van der Waals surface area (Å²) in [6, 6.07) is 9.60. The number of aromatic nitrogens is 2. The molecule has 3 rings (SSSR count). The molecular formula is C18H17N3O5S. The van der Waals surface area contributed by atoms with Crippen LogP contribution in [0.15, 0.2) is 41.1 Å². The van der Waals surface area contributed by atoms with Crippen LogP contribution in [0.25, 0.3) is 11.3 Å². The van der Waals surface area contributed by atoms with Gasteiger partial charge in [0.2, 0.25) is 0 Å². The van der Waals surface area contributed by atoms with Crippen LogP contribution in [0.2, 0.25) is 0 Å². The fraction of sp³-hybridized carbons (Fsp3) is 0.222. The van der Waals surface area contributed by atoms with Gasteiger partial charge in [-0.2, -0.15) is 0 Å². The molecular weight excluding hydrogens is 370 g/mol. The highest BCUT2D eigenvalue weighted by Gasteiger charge is 2.20. The Balaban J connectivity index is 1.69. The average Bonchev–Trinajstić information content (AvgIpc) is 3.27. The first-order valence-corrected chi connectivity index (χ1v) is 8.87. The molecule has 0 bridgehead atoms. The van der Waals surface area contributed by atoms with E-state index in [9.17, 15) is 9.59 Å². The summed E-state index contributed by atoms with van der Waals surface area (Å²) in [5, 5.41) is 4.38. The Kier molecular flexibility index (Phi) is 5.51. The molecule has 2 N–H and O–H groups in total. The second-order valence-corrected chi connectivity index (χ2v) is 6.65. The molecule has 0 aliphatic rings. The number of benzene rings is 1. The van der Waals surface area contributed by atoms with Gasteiger partial charge in [0.1, 0.15) is 22.9 Å². The Labute approximate surface area is 158 Å². The molecule has 0 aliphatic carbocycles. The molecule has 3 aromatic rings. The average molecular weight is 387 g/mol. The number of nitrogens with zero attached hydrogens (tertiary/aromatic N) is 2. The van der Waals surface area contributed by atoms with Crippen LogP contribution in [0, 0.1) is 6.92 Å². The highest BCUT2D eigenvalue weighted by molar-refractivity contribution is 7.15. The highest BCUT2D eigenvalue weighted by Crippen LogP contribution is 2.28. The molecule has 0 saturated carbocycles. The van der Waals surface area contributed by atoms with Crippen molar-refractivity contribution in [1.82, 2.24) is 10.1 Å². The lowest BCUT2D eigenvalue weighted by Gasteiger charge is -2.07. The zero-order valence-corrected chi connectivity index (χ0v) is 15.5. The number of aryl methyl sites for hydroxylation is 1. The van der Waals surface area contributed by atoms with Gasteiger partial charge in [0.15, 0.2) is 6.10 Å². The van der Waals surface area contributed by atoms with Crippen LogP contribution in [-0.2, 0) is 16.1 Å². The van der Waals surface area contributed by atoms with E-state index in [0.717, 1.165) is 22.5 Å². The molecule has 0 saturated heterocycles. The number of rotatable bonds is 7. The SMILES string of the molecule is Cc1onc(-c2ccccc2)c1COc1ncc(C(=O)OC(C)C(N)=O)s1. The first-order valence-electron chi connectivity index (χ1n) is 8.05. The van der Waals surface area contributed by atoms with Crippen molar-refractivity contribution in [2.75, 3.05) is 0 Å². The molecule has 1 aromatic carbocycles. The van der Waals surface area contributed by atoms with Crippen LogP contribution in [0.5, 0.6) is 5.19 Å². The molecule has 1 amide bonds. The minimum absolute atomic E-state index is 0.180. The fourth-order valence-electron chi connectivity index (χ4n) is 2.21. The normalized spacial score (nSPS) is 11.8. The molecule has 1 atom stereocenters. The van der Waals surface area contributed by atoms with Crippen molar-refractivity contribution in [1.29, 1.82) is 0 Å². The number of nitrogens with two attached hydrogens (primary N) is 1. The van der Waals surface area contributed by atoms with Gasteiger partial charge in [-0.3, -0.25) is 4.79 Å². The number of carbonyl (C=O) groups is 2. The van der Waals surface area contributed by atoms with Gasteiger partial charge in [0.25, 0.3) is 11.1 Å². The predicted octanol–water partition coefficient (Wildman–Crippen LogP) is 2.72. The Morgan fingerprint density at radius 1 is 1.30 bits per heavy atom. The fourth-order valence-corrected chi connectivity index (χ4v) is 2.86. The zero-order chi connectivity index (χ0) is 19.4. The van der Waals surface area contributed by atoms with Crippen LogP contribution >= 0.6 is 11.3 Å². The largest absolute Gasteiger partial charge is 0.465 e. The monoisotopic (exact) mass is 387 g/mol. The Bertz CT molecular complexity index is 951. The van der Waals surface area contributed by atoms with Gasteiger partial charge in [-0.15, -0.1) is 0 Å². The lowest BCUT2D eigenvalue weighted by Crippen LogP contribution is -2.30. The zero-order valence-electron chi connectivity index (χ0n) is 14.7. The van der Waals surface area contributed by atoms with E-state index in [1.165, 1.54) is 13.1 Å². The van der Waals surface area contributed by atoms with Crippen LogP contribution in [-0.4, -0.2) is 28.1 Å². The summed E-state index contributed by atoms with van der Waals surface area (Å²) in [6.07, 6.45) is 0.311. The third-order valence-electron chi connectivity index (χ3n) is 3.74. The van der Waals surface area contributed by atoms with Crippen molar-refractivity contribution in [2.45, 2.75) is 26.6 Å². The molecule has 9 heteroatoms. The number of esters is 1. The van der Waals surface area contributed by atoms with Crippen molar-refractivity contribution in [3.05, 3.63) is 52.7 Å². The number of thiazole rings is 1. The smallest absolute Gasteiger partial charge is 0.350 e. The number of primary amides is 1. The predicted molar refractivity (Wildman–Crippen MR) is 97.2 cm³/mol. The topological polar surface area (TPSA) is 118 Å². The first kappa shape index (κ1) is 18.6. The summed E-state index contributed by atoms with van der Waals surface area (Å²) < 4.78 is 15.9. The number of amides is 1. The molecule has 140 valence electrons. The maximum absolute atomic E-state index is 12.0. The minimum Gasteiger partial charge on any atom is -0.465 e. The Morgan fingerprint density at radius 2 is 2.04 bits per heavy atom. The molecule has 0 fully saturated rings. The van der Waals surface area contributed by atoms with E-state index in [0.29, 0.717) is 11.5 Å². The summed E-state index contributed by atoms with van der Waals surface area (Å²) in [4.78, 5) is 27.2. The molecule has 1 unspecified atom stereocenters. The summed E-state index contributed by atoms with van der Waals surface area (Å²) in [5.41, 5.74) is 7.48. The van der Waals surface area contributed by atoms with E-state index in [2.05, 4.69) is 10.1 Å². The van der Waals surface area contributed by atoms with E-state index in [1.54, 1.807) is 6.92 Å². The maximum atomic E-state index is 12.0. The Morgan fingerprint density at radius 3 is 2.74 bits per heavy atom. The van der Waals surface area contributed by atoms with Crippen molar-refractivity contribution in [3.8, 4) is 16.5 Å². The van der Waals surface area contributed by atoms with Gasteiger partial charge >= 0.3 is 5.97 Å². The quantitative estimate of drug-likeness (QED) is 0.619. The van der Waals surface area contributed by atoms with Gasteiger partial charge in [-0.1, -0.05) is 46.8 Å². The van der Waals surface area contributed by atoms with Gasteiger partial charge in [-0.05, 0) is 13.8 Å². The molecule has 27 heavy (non-hydrogen) atoms. The van der Waals surface area contributed by atoms with Gasteiger partial charge in [-0.25, -0.2) is 9.78 Å². The van der Waals surface area contributed by atoms with E-state index in [-0.39, 0.29) is 16.7 Å².